The number of rotatable bonds is 5. The Morgan fingerprint density at radius 1 is 1.23 bits per heavy atom. The minimum Gasteiger partial charge on any atom is -0.510 e. The lowest BCUT2D eigenvalue weighted by Crippen LogP contribution is -2.40. The van der Waals surface area contributed by atoms with Crippen molar-refractivity contribution in [1.82, 2.24) is 5.32 Å². The molecule has 1 aromatic rings. The first-order valence-corrected chi connectivity index (χ1v) is 8.65. The van der Waals surface area contributed by atoms with Gasteiger partial charge >= 0.3 is 5.97 Å². The Bertz CT molecular complexity index is 756. The number of carboxylic acids is 1. The molecule has 3 atom stereocenters. The van der Waals surface area contributed by atoms with Gasteiger partial charge in [0.2, 0.25) is 0 Å². The van der Waals surface area contributed by atoms with Gasteiger partial charge < -0.3 is 20.3 Å². The van der Waals surface area contributed by atoms with Crippen LogP contribution in [0.25, 0.3) is 0 Å². The summed E-state index contributed by atoms with van der Waals surface area (Å²) in [5.41, 5.74) is 0.682. The number of amides is 1. The van der Waals surface area contributed by atoms with Crippen LogP contribution in [0.2, 0.25) is 0 Å². The number of benzene rings is 1. The van der Waals surface area contributed by atoms with Crippen LogP contribution in [-0.2, 0) is 9.59 Å². The van der Waals surface area contributed by atoms with Crippen molar-refractivity contribution in [3.8, 4) is 5.75 Å². The van der Waals surface area contributed by atoms with E-state index in [9.17, 15) is 14.7 Å². The van der Waals surface area contributed by atoms with Crippen molar-refractivity contribution in [2.45, 2.75) is 32.3 Å². The standard InChI is InChI=1S/C19H22N2O5/c1-11-15-9-13(26-12-5-3-2-4-6-12)7-8-14(15)18(24)17(21-11)19(25)20-10-16(22)23/h2-6,13-15,24H,7-10H2,1H3,(H,20,25)(H,22,23). The number of ether oxygens (including phenoxy) is 1. The van der Waals surface area contributed by atoms with E-state index in [4.69, 9.17) is 9.84 Å². The third-order valence-electron chi connectivity index (χ3n) is 4.88. The molecular formula is C19H22N2O5. The van der Waals surface area contributed by atoms with Gasteiger partial charge in [-0.25, -0.2) is 4.99 Å². The van der Waals surface area contributed by atoms with E-state index in [1.807, 2.05) is 37.3 Å². The molecule has 1 amide bonds. The third kappa shape index (κ3) is 3.87. The Morgan fingerprint density at radius 2 is 1.96 bits per heavy atom. The number of carboxylic acid groups (broad SMARTS) is 1. The van der Waals surface area contributed by atoms with Crippen LogP contribution < -0.4 is 10.1 Å². The zero-order chi connectivity index (χ0) is 18.7. The van der Waals surface area contributed by atoms with Crippen LogP contribution >= 0.6 is 0 Å². The zero-order valence-corrected chi connectivity index (χ0v) is 14.5. The number of aliphatic hydroxyl groups is 1. The summed E-state index contributed by atoms with van der Waals surface area (Å²) in [5, 5.41) is 21.4. The van der Waals surface area contributed by atoms with Gasteiger partial charge in [0.15, 0.2) is 5.70 Å². The van der Waals surface area contributed by atoms with Crippen molar-refractivity contribution in [3.05, 3.63) is 41.8 Å². The summed E-state index contributed by atoms with van der Waals surface area (Å²) in [5.74, 6) is -1.23. The molecule has 1 heterocycles. The third-order valence-corrected chi connectivity index (χ3v) is 4.88. The smallest absolute Gasteiger partial charge is 0.322 e. The van der Waals surface area contributed by atoms with E-state index in [0.29, 0.717) is 12.8 Å². The van der Waals surface area contributed by atoms with E-state index in [-0.39, 0.29) is 29.4 Å². The number of allylic oxidation sites excluding steroid dienone is 1. The highest BCUT2D eigenvalue weighted by atomic mass is 16.5. The molecular weight excluding hydrogens is 336 g/mol. The summed E-state index contributed by atoms with van der Waals surface area (Å²) in [6.45, 7) is 1.32. The van der Waals surface area contributed by atoms with Crippen molar-refractivity contribution in [3.63, 3.8) is 0 Å². The van der Waals surface area contributed by atoms with Gasteiger partial charge in [-0.05, 0) is 38.3 Å². The quantitative estimate of drug-likeness (QED) is 0.748. The largest absolute Gasteiger partial charge is 0.510 e. The van der Waals surface area contributed by atoms with Crippen molar-refractivity contribution in [2.75, 3.05) is 6.54 Å². The second-order valence-corrected chi connectivity index (χ2v) is 6.64. The van der Waals surface area contributed by atoms with E-state index in [2.05, 4.69) is 10.3 Å². The molecule has 1 fully saturated rings. The van der Waals surface area contributed by atoms with Crippen LogP contribution in [0.1, 0.15) is 26.2 Å². The fourth-order valence-electron chi connectivity index (χ4n) is 3.62. The van der Waals surface area contributed by atoms with Gasteiger partial charge in [0.25, 0.3) is 5.91 Å². The molecule has 26 heavy (non-hydrogen) atoms. The lowest BCUT2D eigenvalue weighted by atomic mass is 9.73. The summed E-state index contributed by atoms with van der Waals surface area (Å²) in [6, 6.07) is 9.60. The average Bonchev–Trinajstić information content (AvgIpc) is 2.63. The first kappa shape index (κ1) is 18.0. The van der Waals surface area contributed by atoms with E-state index >= 15 is 0 Å². The number of nitrogens with one attached hydrogen (secondary N) is 1. The predicted octanol–water partition coefficient (Wildman–Crippen LogP) is 2.30. The van der Waals surface area contributed by atoms with Gasteiger partial charge in [-0.1, -0.05) is 18.2 Å². The minimum atomic E-state index is -1.15. The first-order chi connectivity index (χ1) is 12.5. The number of carbonyl (C=O) groups excluding carboxylic acids is 1. The van der Waals surface area contributed by atoms with Gasteiger partial charge in [-0.2, -0.15) is 0 Å². The first-order valence-electron chi connectivity index (χ1n) is 8.65. The van der Waals surface area contributed by atoms with Gasteiger partial charge in [0, 0.05) is 17.5 Å². The second-order valence-electron chi connectivity index (χ2n) is 6.64. The fourth-order valence-corrected chi connectivity index (χ4v) is 3.62. The highest BCUT2D eigenvalue weighted by Crippen LogP contribution is 2.40. The molecule has 2 aliphatic rings. The molecule has 1 aliphatic heterocycles. The number of fused-ring (bicyclic) bond motifs is 1. The lowest BCUT2D eigenvalue weighted by molar-refractivity contribution is -0.137. The summed E-state index contributed by atoms with van der Waals surface area (Å²) < 4.78 is 6.03. The van der Waals surface area contributed by atoms with Gasteiger partial charge in [-0.3, -0.25) is 9.59 Å². The number of para-hydroxylation sites is 1. The maximum Gasteiger partial charge on any atom is 0.322 e. The number of aliphatic imine (C=N–C) groups is 1. The van der Waals surface area contributed by atoms with E-state index in [1.165, 1.54) is 0 Å². The number of hydrogen-bond donors (Lipinski definition) is 3. The van der Waals surface area contributed by atoms with Crippen LogP contribution in [0.5, 0.6) is 5.75 Å². The Balaban J connectivity index is 1.70. The predicted molar refractivity (Wildman–Crippen MR) is 95.1 cm³/mol. The second kappa shape index (κ2) is 7.59. The van der Waals surface area contributed by atoms with Crippen molar-refractivity contribution in [1.29, 1.82) is 0 Å². The summed E-state index contributed by atoms with van der Waals surface area (Å²) >= 11 is 0. The van der Waals surface area contributed by atoms with Crippen molar-refractivity contribution < 1.29 is 24.5 Å². The molecule has 7 nitrogen and oxygen atoms in total. The average molecular weight is 358 g/mol. The minimum absolute atomic E-state index is 0.00786. The maximum absolute atomic E-state index is 12.1. The molecule has 7 heteroatoms. The molecule has 3 N–H and O–H groups in total. The summed E-state index contributed by atoms with van der Waals surface area (Å²) in [4.78, 5) is 27.0. The number of hydrogen-bond acceptors (Lipinski definition) is 5. The van der Waals surface area contributed by atoms with E-state index in [0.717, 1.165) is 17.9 Å². The Labute approximate surface area is 151 Å². The molecule has 1 aliphatic carbocycles. The molecule has 138 valence electrons. The molecule has 0 aromatic heterocycles. The van der Waals surface area contributed by atoms with Crippen molar-refractivity contribution >= 4 is 17.6 Å². The SMILES string of the molecule is CC1=NC(C(=O)NCC(=O)O)=C(O)C2CCC(Oc3ccccc3)CC12. The van der Waals surface area contributed by atoms with Gasteiger partial charge in [0.1, 0.15) is 18.1 Å². The fraction of sp³-hybridized carbons (Fsp3) is 0.421. The molecule has 0 bridgehead atoms. The number of aliphatic carboxylic acids is 1. The number of aliphatic hydroxyl groups excluding tert-OH is 1. The Morgan fingerprint density at radius 3 is 2.65 bits per heavy atom. The van der Waals surface area contributed by atoms with Crippen LogP contribution in [0.15, 0.2) is 46.8 Å². The zero-order valence-electron chi connectivity index (χ0n) is 14.5. The molecule has 0 spiro atoms. The Hall–Kier alpha value is -2.83. The molecule has 3 unspecified atom stereocenters. The van der Waals surface area contributed by atoms with Crippen LogP contribution in [-0.4, -0.2) is 40.4 Å². The molecule has 0 radical (unpaired) electrons. The normalized spacial score (nSPS) is 25.1. The lowest BCUT2D eigenvalue weighted by Gasteiger charge is -2.38. The topological polar surface area (TPSA) is 108 Å². The summed E-state index contributed by atoms with van der Waals surface area (Å²) in [6.07, 6.45) is 2.18. The molecule has 1 saturated carbocycles. The monoisotopic (exact) mass is 358 g/mol. The molecule has 0 saturated heterocycles. The van der Waals surface area contributed by atoms with E-state index in [1.54, 1.807) is 0 Å². The maximum atomic E-state index is 12.1. The van der Waals surface area contributed by atoms with E-state index < -0.39 is 18.4 Å². The number of nitrogens with zero attached hydrogens (tertiary/aromatic N) is 1. The van der Waals surface area contributed by atoms with Gasteiger partial charge in [-0.15, -0.1) is 0 Å². The van der Waals surface area contributed by atoms with Crippen LogP contribution in [0, 0.1) is 11.8 Å². The van der Waals surface area contributed by atoms with Crippen molar-refractivity contribution in [2.24, 2.45) is 16.8 Å². The van der Waals surface area contributed by atoms with Crippen LogP contribution in [0.3, 0.4) is 0 Å². The highest BCUT2D eigenvalue weighted by molar-refractivity contribution is 6.00. The number of carbonyl (C=O) groups is 2. The summed E-state index contributed by atoms with van der Waals surface area (Å²) in [7, 11) is 0. The van der Waals surface area contributed by atoms with Crippen LogP contribution in [0.4, 0.5) is 0 Å². The molecule has 3 rings (SSSR count). The van der Waals surface area contributed by atoms with Gasteiger partial charge in [0.05, 0.1) is 6.10 Å². The highest BCUT2D eigenvalue weighted by Gasteiger charge is 2.40. The Kier molecular flexibility index (Phi) is 5.25. The molecule has 1 aromatic carbocycles.